The lowest BCUT2D eigenvalue weighted by Gasteiger charge is -2.16. The molecule has 1 aromatic rings. The van der Waals surface area contributed by atoms with E-state index in [4.69, 9.17) is 0 Å². The largest absolute Gasteiger partial charge is 0.352 e. The molecule has 1 aliphatic carbocycles. The van der Waals surface area contributed by atoms with Gasteiger partial charge in [-0.25, -0.2) is 0 Å². The maximum absolute atomic E-state index is 12.1. The molecule has 1 amide bonds. The zero-order valence-electron chi connectivity index (χ0n) is 11.8. The van der Waals surface area contributed by atoms with E-state index < -0.39 is 0 Å². The Morgan fingerprint density at radius 3 is 2.74 bits per heavy atom. The lowest BCUT2D eigenvalue weighted by atomic mass is 10.1. The van der Waals surface area contributed by atoms with Gasteiger partial charge in [0, 0.05) is 11.8 Å². The van der Waals surface area contributed by atoms with Crippen LogP contribution >= 0.6 is 11.8 Å². The van der Waals surface area contributed by atoms with Crippen molar-refractivity contribution in [2.75, 3.05) is 0 Å². The molecule has 1 N–H and O–H groups in total. The van der Waals surface area contributed by atoms with Gasteiger partial charge in [-0.05, 0) is 37.8 Å². The molecule has 0 saturated heterocycles. The lowest BCUT2D eigenvalue weighted by molar-refractivity contribution is -0.120. The zero-order chi connectivity index (χ0) is 13.7. The van der Waals surface area contributed by atoms with Crippen LogP contribution in [0.2, 0.25) is 0 Å². The third kappa shape index (κ3) is 4.27. The average molecular weight is 277 g/mol. The summed E-state index contributed by atoms with van der Waals surface area (Å²) in [7, 11) is 0. The first kappa shape index (κ1) is 14.4. The quantitative estimate of drug-likeness (QED) is 0.889. The Balaban J connectivity index is 1.78. The normalized spacial score (nSPS) is 17.4. The van der Waals surface area contributed by atoms with E-state index in [1.807, 2.05) is 6.92 Å². The summed E-state index contributed by atoms with van der Waals surface area (Å²) in [5.74, 6) is 1.11. The fourth-order valence-electron chi connectivity index (χ4n) is 2.45. The molecule has 104 valence electrons. The molecule has 1 saturated carbocycles. The second kappa shape index (κ2) is 6.99. The number of benzene rings is 1. The number of hydrogen-bond donors (Lipinski definition) is 1. The highest BCUT2D eigenvalue weighted by atomic mass is 32.2. The maximum Gasteiger partial charge on any atom is 0.233 e. The van der Waals surface area contributed by atoms with Gasteiger partial charge in [0.05, 0.1) is 5.25 Å². The van der Waals surface area contributed by atoms with Crippen molar-refractivity contribution in [1.29, 1.82) is 0 Å². The minimum Gasteiger partial charge on any atom is -0.352 e. The highest BCUT2D eigenvalue weighted by Crippen LogP contribution is 2.22. The van der Waals surface area contributed by atoms with Crippen molar-refractivity contribution >= 4 is 17.7 Å². The highest BCUT2D eigenvalue weighted by molar-refractivity contribution is 7.99. The van der Waals surface area contributed by atoms with E-state index >= 15 is 0 Å². The third-order valence-corrected chi connectivity index (χ3v) is 5.01. The Labute approximate surface area is 120 Å². The van der Waals surface area contributed by atoms with Crippen LogP contribution in [-0.2, 0) is 10.5 Å². The van der Waals surface area contributed by atoms with E-state index in [0.717, 1.165) is 18.6 Å². The van der Waals surface area contributed by atoms with Crippen molar-refractivity contribution in [1.82, 2.24) is 5.32 Å². The summed E-state index contributed by atoms with van der Waals surface area (Å²) in [6.07, 6.45) is 4.83. The molecule has 0 heterocycles. The molecule has 0 aromatic heterocycles. The molecule has 0 radical (unpaired) electrons. The molecule has 3 heteroatoms. The first-order chi connectivity index (χ1) is 9.16. The molecule has 2 nitrogen and oxygen atoms in total. The van der Waals surface area contributed by atoms with Gasteiger partial charge < -0.3 is 5.32 Å². The molecule has 0 aliphatic heterocycles. The standard InChI is InChI=1S/C16H23NOS/c1-12-7-3-4-8-14(12)11-19-13(2)16(18)17-15-9-5-6-10-15/h3-4,7-8,13,15H,5-6,9-11H2,1-2H3,(H,17,18)/t13-/m0/s1. The number of carbonyl (C=O) groups excluding carboxylic acids is 1. The summed E-state index contributed by atoms with van der Waals surface area (Å²) in [6, 6.07) is 8.81. The molecule has 1 fully saturated rings. The fraction of sp³-hybridized carbons (Fsp3) is 0.562. The van der Waals surface area contributed by atoms with Crippen molar-refractivity contribution in [2.24, 2.45) is 0 Å². The third-order valence-electron chi connectivity index (χ3n) is 3.82. The number of rotatable bonds is 5. The zero-order valence-corrected chi connectivity index (χ0v) is 12.6. The second-order valence-electron chi connectivity index (χ2n) is 5.37. The highest BCUT2D eigenvalue weighted by Gasteiger charge is 2.20. The van der Waals surface area contributed by atoms with Crippen molar-refractivity contribution in [2.45, 2.75) is 56.6 Å². The first-order valence-electron chi connectivity index (χ1n) is 7.13. The van der Waals surface area contributed by atoms with Crippen LogP contribution in [-0.4, -0.2) is 17.2 Å². The molecule has 1 atom stereocenters. The molecule has 0 spiro atoms. The summed E-state index contributed by atoms with van der Waals surface area (Å²) in [4.78, 5) is 12.1. The van der Waals surface area contributed by atoms with Crippen LogP contribution in [0.25, 0.3) is 0 Å². The number of aryl methyl sites for hydroxylation is 1. The summed E-state index contributed by atoms with van der Waals surface area (Å²) >= 11 is 1.72. The van der Waals surface area contributed by atoms with Crippen LogP contribution in [0.1, 0.15) is 43.7 Å². The molecule has 0 bridgehead atoms. The summed E-state index contributed by atoms with van der Waals surface area (Å²) in [5.41, 5.74) is 2.63. The van der Waals surface area contributed by atoms with Crippen LogP contribution in [0.4, 0.5) is 0 Å². The monoisotopic (exact) mass is 277 g/mol. The van der Waals surface area contributed by atoms with Gasteiger partial charge in [-0.1, -0.05) is 37.1 Å². The van der Waals surface area contributed by atoms with Crippen LogP contribution in [0, 0.1) is 6.92 Å². The Hall–Kier alpha value is -0.960. The summed E-state index contributed by atoms with van der Waals surface area (Å²) < 4.78 is 0. The molecule has 1 aromatic carbocycles. The smallest absolute Gasteiger partial charge is 0.233 e. The fourth-order valence-corrected chi connectivity index (χ4v) is 3.42. The van der Waals surface area contributed by atoms with Gasteiger partial charge >= 0.3 is 0 Å². The Morgan fingerprint density at radius 2 is 2.05 bits per heavy atom. The lowest BCUT2D eigenvalue weighted by Crippen LogP contribution is -2.37. The Morgan fingerprint density at radius 1 is 1.37 bits per heavy atom. The van der Waals surface area contributed by atoms with E-state index in [-0.39, 0.29) is 11.2 Å². The number of thioether (sulfide) groups is 1. The molecule has 19 heavy (non-hydrogen) atoms. The first-order valence-corrected chi connectivity index (χ1v) is 8.18. The van der Waals surface area contributed by atoms with Gasteiger partial charge in [0.1, 0.15) is 0 Å². The predicted octanol–water partition coefficient (Wildman–Crippen LogP) is 3.68. The van der Waals surface area contributed by atoms with Crippen molar-refractivity contribution in [3.63, 3.8) is 0 Å². The second-order valence-corrected chi connectivity index (χ2v) is 6.70. The van der Waals surface area contributed by atoms with Crippen molar-refractivity contribution in [3.05, 3.63) is 35.4 Å². The van der Waals surface area contributed by atoms with Crippen molar-refractivity contribution < 1.29 is 4.79 Å². The average Bonchev–Trinajstić information content (AvgIpc) is 2.90. The van der Waals surface area contributed by atoms with Crippen LogP contribution in [0.3, 0.4) is 0 Å². The van der Waals surface area contributed by atoms with Crippen LogP contribution in [0.15, 0.2) is 24.3 Å². The summed E-state index contributed by atoms with van der Waals surface area (Å²) in [6.45, 7) is 4.13. The predicted molar refractivity (Wildman–Crippen MR) is 82.3 cm³/mol. The number of carbonyl (C=O) groups is 1. The SMILES string of the molecule is Cc1ccccc1CS[C@@H](C)C(=O)NC1CCCC1. The minimum atomic E-state index is 0.0280. The van der Waals surface area contributed by atoms with Gasteiger partial charge in [-0.2, -0.15) is 0 Å². The maximum atomic E-state index is 12.1. The van der Waals surface area contributed by atoms with Crippen LogP contribution < -0.4 is 5.32 Å². The van der Waals surface area contributed by atoms with E-state index in [1.54, 1.807) is 11.8 Å². The van der Waals surface area contributed by atoms with Gasteiger partial charge in [0.25, 0.3) is 0 Å². The number of nitrogens with one attached hydrogen (secondary N) is 1. The van der Waals surface area contributed by atoms with Crippen molar-refractivity contribution in [3.8, 4) is 0 Å². The van der Waals surface area contributed by atoms with Gasteiger partial charge in [0.15, 0.2) is 0 Å². The van der Waals surface area contributed by atoms with Gasteiger partial charge in [-0.3, -0.25) is 4.79 Å². The van der Waals surface area contributed by atoms with E-state index in [9.17, 15) is 4.79 Å². The van der Waals surface area contributed by atoms with E-state index in [2.05, 4.69) is 36.5 Å². The van der Waals surface area contributed by atoms with Gasteiger partial charge in [-0.15, -0.1) is 11.8 Å². The van der Waals surface area contributed by atoms with Gasteiger partial charge in [0.2, 0.25) is 5.91 Å². The molecular weight excluding hydrogens is 254 g/mol. The molecular formula is C16H23NOS. The molecule has 2 rings (SSSR count). The topological polar surface area (TPSA) is 29.1 Å². The Bertz CT molecular complexity index is 427. The van der Waals surface area contributed by atoms with E-state index in [1.165, 1.54) is 24.0 Å². The minimum absolute atomic E-state index is 0.0280. The summed E-state index contributed by atoms with van der Waals surface area (Å²) in [5, 5.41) is 3.20. The van der Waals surface area contributed by atoms with Crippen LogP contribution in [0.5, 0.6) is 0 Å². The van der Waals surface area contributed by atoms with E-state index in [0.29, 0.717) is 6.04 Å². The molecule has 0 unspecified atom stereocenters. The Kier molecular flexibility index (Phi) is 5.32. The molecule has 1 aliphatic rings. The number of amides is 1. The number of hydrogen-bond acceptors (Lipinski definition) is 2.